The van der Waals surface area contributed by atoms with E-state index in [1.165, 1.54) is 45.8 Å². The van der Waals surface area contributed by atoms with Gasteiger partial charge in [-0.25, -0.2) is 13.1 Å². The highest BCUT2D eigenvalue weighted by atomic mass is 32.2. The fraction of sp³-hybridized carbons (Fsp3) is 0.258. The van der Waals surface area contributed by atoms with E-state index in [1.54, 1.807) is 19.1 Å². The molecule has 1 N–H and O–H groups in total. The van der Waals surface area contributed by atoms with Gasteiger partial charge in [-0.15, -0.1) is 11.3 Å². The molecule has 0 radical (unpaired) electrons. The highest BCUT2D eigenvalue weighted by Gasteiger charge is 2.31. The summed E-state index contributed by atoms with van der Waals surface area (Å²) in [4.78, 5) is 30.4. The zero-order chi connectivity index (χ0) is 31.4. The second-order valence-corrected chi connectivity index (χ2v) is 13.4. The van der Waals surface area contributed by atoms with Gasteiger partial charge in [0.15, 0.2) is 0 Å². The number of benzene rings is 2. The van der Waals surface area contributed by atoms with Crippen molar-refractivity contribution in [1.82, 2.24) is 19.0 Å². The zero-order valence-corrected chi connectivity index (χ0v) is 25.8. The van der Waals surface area contributed by atoms with Crippen LogP contribution in [0.1, 0.15) is 48.1 Å². The Bertz CT molecular complexity index is 1880. The van der Waals surface area contributed by atoms with E-state index in [2.05, 4.69) is 27.4 Å². The highest BCUT2D eigenvalue weighted by Crippen LogP contribution is 2.38. The molecule has 11 nitrogen and oxygen atoms in total. The number of amides is 1. The molecule has 0 atom stereocenters. The molecular formula is C31H29N7O4S2. The number of hydrogen-bond acceptors (Lipinski definition) is 9. The molecule has 0 fully saturated rings. The molecule has 1 aliphatic rings. The Morgan fingerprint density at radius 2 is 1.73 bits per heavy atom. The van der Waals surface area contributed by atoms with Gasteiger partial charge in [-0.3, -0.25) is 14.5 Å². The number of carbonyl (C=O) groups excluding carboxylic acids is 2. The summed E-state index contributed by atoms with van der Waals surface area (Å²) in [5, 5.41) is 25.6. The van der Waals surface area contributed by atoms with Gasteiger partial charge in [-0.1, -0.05) is 30.3 Å². The lowest BCUT2D eigenvalue weighted by Crippen LogP contribution is -2.31. The summed E-state index contributed by atoms with van der Waals surface area (Å²) in [5.41, 5.74) is 4.06. The normalized spacial score (nSPS) is 13.2. The minimum Gasteiger partial charge on any atom is -0.313 e. The van der Waals surface area contributed by atoms with Gasteiger partial charge in [-0.05, 0) is 61.7 Å². The maximum absolute atomic E-state index is 13.9. The average molecular weight is 628 g/mol. The number of hydrogen-bond donors (Lipinski definition) is 1. The van der Waals surface area contributed by atoms with Gasteiger partial charge in [0.2, 0.25) is 10.0 Å². The monoisotopic (exact) mass is 627 g/mol. The largest absolute Gasteiger partial charge is 0.313 e. The first-order valence-corrected chi connectivity index (χ1v) is 16.0. The summed E-state index contributed by atoms with van der Waals surface area (Å²) in [6.07, 6.45) is 0.628. The summed E-state index contributed by atoms with van der Waals surface area (Å²) in [7, 11) is -4.11. The summed E-state index contributed by atoms with van der Waals surface area (Å²) in [6.45, 7) is 4.79. The van der Waals surface area contributed by atoms with Crippen LogP contribution in [0, 0.1) is 36.5 Å². The van der Waals surface area contributed by atoms with Crippen LogP contribution in [-0.2, 0) is 29.5 Å². The smallest absolute Gasteiger partial charge is 0.281 e. The number of aromatic nitrogens is 2. The van der Waals surface area contributed by atoms with Crippen molar-refractivity contribution in [2.75, 3.05) is 25.0 Å². The number of thiophene rings is 1. The molecule has 4 aromatic rings. The lowest BCUT2D eigenvalue weighted by Gasteiger charge is -2.27. The van der Waals surface area contributed by atoms with Crippen molar-refractivity contribution >= 4 is 38.2 Å². The minimum atomic E-state index is -4.11. The molecule has 44 heavy (non-hydrogen) atoms. The van der Waals surface area contributed by atoms with Crippen LogP contribution in [0.3, 0.4) is 0 Å². The Balaban J connectivity index is 1.44. The van der Waals surface area contributed by atoms with Gasteiger partial charge in [0, 0.05) is 35.8 Å². The lowest BCUT2D eigenvalue weighted by atomic mass is 10.0. The fourth-order valence-electron chi connectivity index (χ4n) is 5.17. The summed E-state index contributed by atoms with van der Waals surface area (Å²) in [5.74, 6) is -0.835. The minimum absolute atomic E-state index is 0.148. The van der Waals surface area contributed by atoms with Crippen molar-refractivity contribution in [3.8, 4) is 12.1 Å². The molecule has 1 aliphatic heterocycles. The van der Waals surface area contributed by atoms with Crippen molar-refractivity contribution in [3.63, 3.8) is 0 Å². The summed E-state index contributed by atoms with van der Waals surface area (Å²) >= 11 is 1.36. The Morgan fingerprint density at radius 1 is 1.05 bits per heavy atom. The van der Waals surface area contributed by atoms with Gasteiger partial charge >= 0.3 is 0 Å². The molecule has 0 saturated carbocycles. The van der Waals surface area contributed by atoms with E-state index in [4.69, 9.17) is 10.5 Å². The van der Waals surface area contributed by atoms with E-state index in [9.17, 15) is 18.0 Å². The molecule has 0 unspecified atom stereocenters. The van der Waals surface area contributed by atoms with E-state index in [1.807, 2.05) is 31.2 Å². The third-order valence-corrected chi connectivity index (χ3v) is 10.2. The Hall–Kier alpha value is -4.66. The molecule has 0 bridgehead atoms. The van der Waals surface area contributed by atoms with Crippen LogP contribution in [0.4, 0.5) is 5.00 Å². The standard InChI is InChI=1S/C31H29N7O4S2/c1-21-18-22(2)38(35-21)31(40)28-26-12-15-36(19-23-6-4-3-5-7-23)20-27(26)43-30(28)34-29(39)24-8-10-25(11-9-24)44(41,42)37(16-13-32)17-14-33/h3-11,18H,12,15-17,19-20H2,1-2H3,(H,34,39). The van der Waals surface area contributed by atoms with E-state index >= 15 is 0 Å². The predicted octanol–water partition coefficient (Wildman–Crippen LogP) is 4.10. The first-order valence-electron chi connectivity index (χ1n) is 13.8. The van der Waals surface area contributed by atoms with Crippen LogP contribution >= 0.6 is 11.3 Å². The van der Waals surface area contributed by atoms with Gasteiger partial charge in [0.05, 0.1) is 28.3 Å². The van der Waals surface area contributed by atoms with E-state index in [-0.39, 0.29) is 16.4 Å². The van der Waals surface area contributed by atoms with Crippen molar-refractivity contribution in [2.45, 2.75) is 38.3 Å². The lowest BCUT2D eigenvalue weighted by molar-refractivity contribution is 0.0942. The molecule has 0 aliphatic carbocycles. The van der Waals surface area contributed by atoms with Crippen LogP contribution in [-0.4, -0.2) is 58.9 Å². The van der Waals surface area contributed by atoms with Gasteiger partial charge in [-0.2, -0.15) is 19.9 Å². The average Bonchev–Trinajstić information content (AvgIpc) is 3.54. The van der Waals surface area contributed by atoms with E-state index in [0.29, 0.717) is 34.9 Å². The maximum Gasteiger partial charge on any atom is 0.281 e. The third-order valence-electron chi connectivity index (χ3n) is 7.28. The SMILES string of the molecule is Cc1cc(C)n(C(=O)c2c(NC(=O)c3ccc(S(=O)(=O)N(CC#N)CC#N)cc3)sc3c2CCN(Cc2ccccc2)C3)n1. The summed E-state index contributed by atoms with van der Waals surface area (Å²) < 4.78 is 27.9. The van der Waals surface area contributed by atoms with E-state index in [0.717, 1.165) is 27.8 Å². The number of carbonyl (C=O) groups is 2. The zero-order valence-electron chi connectivity index (χ0n) is 24.1. The maximum atomic E-state index is 13.9. The third kappa shape index (κ3) is 6.32. The van der Waals surface area contributed by atoms with Gasteiger partial charge in [0.25, 0.3) is 11.8 Å². The molecule has 3 heterocycles. The van der Waals surface area contributed by atoms with Crippen LogP contribution in [0.2, 0.25) is 0 Å². The molecule has 5 rings (SSSR count). The molecule has 2 aromatic carbocycles. The molecule has 0 saturated heterocycles. The topological polar surface area (TPSA) is 152 Å². The number of anilines is 1. The molecule has 1 amide bonds. The second kappa shape index (κ2) is 12.9. The van der Waals surface area contributed by atoms with Crippen LogP contribution in [0.15, 0.2) is 65.6 Å². The number of nitrogens with zero attached hydrogens (tertiary/aromatic N) is 6. The second-order valence-electron chi connectivity index (χ2n) is 10.4. The van der Waals surface area contributed by atoms with Crippen LogP contribution < -0.4 is 5.32 Å². The van der Waals surface area contributed by atoms with Gasteiger partial charge in [0.1, 0.15) is 18.1 Å². The first-order chi connectivity index (χ1) is 21.1. The van der Waals surface area contributed by atoms with Crippen LogP contribution in [0.25, 0.3) is 0 Å². The summed E-state index contributed by atoms with van der Waals surface area (Å²) in [6, 6.07) is 20.7. The highest BCUT2D eigenvalue weighted by molar-refractivity contribution is 7.89. The Morgan fingerprint density at radius 3 is 2.34 bits per heavy atom. The molecule has 224 valence electrons. The van der Waals surface area contributed by atoms with Crippen LogP contribution in [0.5, 0.6) is 0 Å². The Kier molecular flexibility index (Phi) is 9.04. The van der Waals surface area contributed by atoms with Crippen molar-refractivity contribution in [1.29, 1.82) is 10.5 Å². The van der Waals surface area contributed by atoms with Crippen molar-refractivity contribution in [3.05, 3.63) is 99.2 Å². The number of rotatable bonds is 9. The predicted molar refractivity (Wildman–Crippen MR) is 164 cm³/mol. The van der Waals surface area contributed by atoms with Crippen molar-refractivity contribution in [2.24, 2.45) is 0 Å². The number of nitriles is 2. The number of sulfonamides is 1. The fourth-order valence-corrected chi connectivity index (χ4v) is 7.68. The Labute approximate surface area is 259 Å². The molecule has 2 aromatic heterocycles. The first kappa shape index (κ1) is 30.8. The quantitative estimate of drug-likeness (QED) is 0.272. The number of nitrogens with one attached hydrogen (secondary N) is 1. The number of aryl methyl sites for hydroxylation is 2. The molecule has 13 heteroatoms. The number of fused-ring (bicyclic) bond motifs is 1. The van der Waals surface area contributed by atoms with E-state index < -0.39 is 29.0 Å². The molecular weight excluding hydrogens is 599 g/mol. The van der Waals surface area contributed by atoms with Gasteiger partial charge < -0.3 is 5.32 Å². The van der Waals surface area contributed by atoms with Crippen molar-refractivity contribution < 1.29 is 18.0 Å². The molecule has 0 spiro atoms.